The summed E-state index contributed by atoms with van der Waals surface area (Å²) in [6.07, 6.45) is 5.97. The van der Waals surface area contributed by atoms with Gasteiger partial charge in [0, 0.05) is 50.2 Å². The third kappa shape index (κ3) is 4.10. The zero-order chi connectivity index (χ0) is 16.9. The highest BCUT2D eigenvalue weighted by molar-refractivity contribution is 5.76. The van der Waals surface area contributed by atoms with E-state index in [0.29, 0.717) is 13.0 Å². The number of aryl methyl sites for hydroxylation is 3. The van der Waals surface area contributed by atoms with Crippen molar-refractivity contribution < 1.29 is 4.79 Å². The molecule has 3 heterocycles. The molecule has 128 valence electrons. The standard InChI is InChI=1S/C17H24N6O/c1-13-11-14(2)23(21-13)10-6-16(24)20-15-5-3-9-22(12-15)17-18-7-4-8-19-17/h4,7-8,11,15H,3,5-6,9-10,12H2,1-2H3,(H,20,24)/t15-/m0/s1. The van der Waals surface area contributed by atoms with Gasteiger partial charge in [-0.25, -0.2) is 9.97 Å². The van der Waals surface area contributed by atoms with E-state index in [-0.39, 0.29) is 11.9 Å². The van der Waals surface area contributed by atoms with Crippen molar-refractivity contribution in [1.82, 2.24) is 25.1 Å². The van der Waals surface area contributed by atoms with Crippen molar-refractivity contribution in [3.05, 3.63) is 35.9 Å². The largest absolute Gasteiger partial charge is 0.352 e. The number of hydrogen-bond acceptors (Lipinski definition) is 5. The summed E-state index contributed by atoms with van der Waals surface area (Å²) in [5, 5.41) is 7.53. The van der Waals surface area contributed by atoms with Crippen LogP contribution in [-0.2, 0) is 11.3 Å². The third-order valence-electron chi connectivity index (χ3n) is 4.28. The van der Waals surface area contributed by atoms with E-state index in [4.69, 9.17) is 0 Å². The molecule has 1 aliphatic rings. The predicted molar refractivity (Wildman–Crippen MR) is 91.7 cm³/mol. The Hall–Kier alpha value is -2.44. The maximum Gasteiger partial charge on any atom is 0.225 e. The Morgan fingerprint density at radius 3 is 2.83 bits per heavy atom. The number of amides is 1. The lowest BCUT2D eigenvalue weighted by Gasteiger charge is -2.33. The van der Waals surface area contributed by atoms with Gasteiger partial charge in [-0.1, -0.05) is 0 Å². The fraction of sp³-hybridized carbons (Fsp3) is 0.529. The first-order valence-corrected chi connectivity index (χ1v) is 8.44. The number of rotatable bonds is 5. The number of nitrogens with one attached hydrogen (secondary N) is 1. The van der Waals surface area contributed by atoms with E-state index in [0.717, 1.165) is 43.3 Å². The second kappa shape index (κ2) is 7.42. The molecule has 1 aliphatic heterocycles. The van der Waals surface area contributed by atoms with Crippen LogP contribution in [0.5, 0.6) is 0 Å². The van der Waals surface area contributed by atoms with Crippen LogP contribution in [0.2, 0.25) is 0 Å². The predicted octanol–water partition coefficient (Wildman–Crippen LogP) is 1.47. The van der Waals surface area contributed by atoms with Crippen molar-refractivity contribution in [2.24, 2.45) is 0 Å². The topological polar surface area (TPSA) is 75.9 Å². The summed E-state index contributed by atoms with van der Waals surface area (Å²) in [6.45, 7) is 6.28. The maximum atomic E-state index is 12.2. The monoisotopic (exact) mass is 328 g/mol. The van der Waals surface area contributed by atoms with Gasteiger partial charge >= 0.3 is 0 Å². The van der Waals surface area contributed by atoms with Crippen LogP contribution in [0, 0.1) is 13.8 Å². The molecule has 7 nitrogen and oxygen atoms in total. The SMILES string of the molecule is Cc1cc(C)n(CCC(=O)N[C@H]2CCCN(c3ncccn3)C2)n1. The maximum absolute atomic E-state index is 12.2. The van der Waals surface area contributed by atoms with Gasteiger partial charge in [0.15, 0.2) is 0 Å². The van der Waals surface area contributed by atoms with Crippen LogP contribution in [0.1, 0.15) is 30.7 Å². The van der Waals surface area contributed by atoms with E-state index in [1.807, 2.05) is 30.7 Å². The van der Waals surface area contributed by atoms with Crippen LogP contribution in [0.25, 0.3) is 0 Å². The van der Waals surface area contributed by atoms with Gasteiger partial charge in [0.2, 0.25) is 11.9 Å². The lowest BCUT2D eigenvalue weighted by molar-refractivity contribution is -0.122. The molecule has 2 aromatic heterocycles. The molecule has 1 fully saturated rings. The fourth-order valence-electron chi connectivity index (χ4n) is 3.14. The van der Waals surface area contributed by atoms with E-state index in [1.165, 1.54) is 0 Å². The Balaban J connectivity index is 1.50. The molecule has 0 aromatic carbocycles. The molecule has 2 aromatic rings. The number of carbonyl (C=O) groups is 1. The molecule has 24 heavy (non-hydrogen) atoms. The highest BCUT2D eigenvalue weighted by Crippen LogP contribution is 2.15. The summed E-state index contributed by atoms with van der Waals surface area (Å²) >= 11 is 0. The van der Waals surface area contributed by atoms with Gasteiger partial charge in [0.05, 0.1) is 5.69 Å². The molecule has 1 atom stereocenters. The zero-order valence-corrected chi connectivity index (χ0v) is 14.3. The van der Waals surface area contributed by atoms with Crippen LogP contribution >= 0.6 is 0 Å². The molecule has 3 rings (SSSR count). The minimum atomic E-state index is 0.0726. The average Bonchev–Trinajstić information content (AvgIpc) is 2.91. The van der Waals surface area contributed by atoms with Crippen LogP contribution in [0.4, 0.5) is 5.95 Å². The van der Waals surface area contributed by atoms with E-state index in [9.17, 15) is 4.79 Å². The summed E-state index contributed by atoms with van der Waals surface area (Å²) in [7, 11) is 0. The van der Waals surface area contributed by atoms with Gasteiger partial charge in [-0.3, -0.25) is 9.48 Å². The molecule has 0 bridgehead atoms. The smallest absolute Gasteiger partial charge is 0.225 e. The molecule has 0 saturated carbocycles. The molecule has 1 N–H and O–H groups in total. The number of carbonyl (C=O) groups excluding carboxylic acids is 1. The Morgan fingerprint density at radius 1 is 1.33 bits per heavy atom. The molecule has 0 aliphatic carbocycles. The number of nitrogens with zero attached hydrogens (tertiary/aromatic N) is 5. The van der Waals surface area contributed by atoms with Gasteiger partial charge in [-0.2, -0.15) is 5.10 Å². The minimum Gasteiger partial charge on any atom is -0.352 e. The quantitative estimate of drug-likeness (QED) is 0.899. The molecule has 1 saturated heterocycles. The fourth-order valence-corrected chi connectivity index (χ4v) is 3.14. The van der Waals surface area contributed by atoms with Gasteiger partial charge in [-0.15, -0.1) is 0 Å². The molecule has 0 radical (unpaired) electrons. The number of anilines is 1. The van der Waals surface area contributed by atoms with Crippen molar-refractivity contribution in [3.8, 4) is 0 Å². The molecule has 7 heteroatoms. The Kier molecular flexibility index (Phi) is 5.08. The second-order valence-corrected chi connectivity index (χ2v) is 6.30. The van der Waals surface area contributed by atoms with Crippen molar-refractivity contribution in [2.45, 2.75) is 45.7 Å². The van der Waals surface area contributed by atoms with E-state index < -0.39 is 0 Å². The number of hydrogen-bond donors (Lipinski definition) is 1. The summed E-state index contributed by atoms with van der Waals surface area (Å²) in [5.74, 6) is 0.808. The highest BCUT2D eigenvalue weighted by atomic mass is 16.1. The Labute approximate surface area is 142 Å². The van der Waals surface area contributed by atoms with Crippen molar-refractivity contribution in [1.29, 1.82) is 0 Å². The van der Waals surface area contributed by atoms with Crippen molar-refractivity contribution in [3.63, 3.8) is 0 Å². The van der Waals surface area contributed by atoms with Gasteiger partial charge in [0.25, 0.3) is 0 Å². The summed E-state index contributed by atoms with van der Waals surface area (Å²) in [4.78, 5) is 23.0. The Morgan fingerprint density at radius 2 is 2.12 bits per heavy atom. The molecular formula is C17H24N6O. The van der Waals surface area contributed by atoms with Crippen LogP contribution in [0.3, 0.4) is 0 Å². The summed E-state index contributed by atoms with van der Waals surface area (Å²) in [6, 6.07) is 3.98. The summed E-state index contributed by atoms with van der Waals surface area (Å²) < 4.78 is 1.89. The lowest BCUT2D eigenvalue weighted by atomic mass is 10.1. The third-order valence-corrected chi connectivity index (χ3v) is 4.28. The zero-order valence-electron chi connectivity index (χ0n) is 14.3. The second-order valence-electron chi connectivity index (χ2n) is 6.30. The first-order chi connectivity index (χ1) is 11.6. The Bertz CT molecular complexity index is 684. The van der Waals surface area contributed by atoms with Gasteiger partial charge in [-0.05, 0) is 38.8 Å². The van der Waals surface area contributed by atoms with Crippen LogP contribution in [0.15, 0.2) is 24.5 Å². The van der Waals surface area contributed by atoms with Crippen molar-refractivity contribution in [2.75, 3.05) is 18.0 Å². The highest BCUT2D eigenvalue weighted by Gasteiger charge is 2.22. The minimum absolute atomic E-state index is 0.0726. The lowest BCUT2D eigenvalue weighted by Crippen LogP contribution is -2.48. The van der Waals surface area contributed by atoms with Crippen LogP contribution in [-0.4, -0.2) is 44.8 Å². The first kappa shape index (κ1) is 16.4. The van der Waals surface area contributed by atoms with Gasteiger partial charge in [0.1, 0.15) is 0 Å². The number of aromatic nitrogens is 4. The first-order valence-electron chi connectivity index (χ1n) is 8.44. The van der Waals surface area contributed by atoms with E-state index in [2.05, 4.69) is 25.3 Å². The normalized spacial score (nSPS) is 17.8. The van der Waals surface area contributed by atoms with Gasteiger partial charge < -0.3 is 10.2 Å². The molecular weight excluding hydrogens is 304 g/mol. The number of piperidine rings is 1. The molecule has 0 spiro atoms. The summed E-state index contributed by atoms with van der Waals surface area (Å²) in [5.41, 5.74) is 2.07. The molecule has 0 unspecified atom stereocenters. The molecule has 1 amide bonds. The van der Waals surface area contributed by atoms with Crippen LogP contribution < -0.4 is 10.2 Å². The van der Waals surface area contributed by atoms with Crippen molar-refractivity contribution >= 4 is 11.9 Å². The van der Waals surface area contributed by atoms with E-state index >= 15 is 0 Å². The average molecular weight is 328 g/mol. The van der Waals surface area contributed by atoms with E-state index in [1.54, 1.807) is 12.4 Å².